The number of hydrogen-bond acceptors (Lipinski definition) is 2. The number of para-hydroxylation sites is 2. The summed E-state index contributed by atoms with van der Waals surface area (Å²) in [5.74, 6) is 1.01. The fourth-order valence-corrected chi connectivity index (χ4v) is 3.73. The maximum atomic E-state index is 13.4. The van der Waals surface area contributed by atoms with Crippen LogP contribution in [0.1, 0.15) is 44.5 Å². The highest BCUT2D eigenvalue weighted by Gasteiger charge is 2.24. The van der Waals surface area contributed by atoms with Crippen LogP contribution in [-0.2, 0) is 13.1 Å². The molecule has 5 heteroatoms. The Hall–Kier alpha value is -3.21. The predicted molar refractivity (Wildman–Crippen MR) is 131 cm³/mol. The van der Waals surface area contributed by atoms with Gasteiger partial charge in [-0.25, -0.2) is 4.79 Å². The van der Waals surface area contributed by atoms with Crippen LogP contribution in [0.2, 0.25) is 0 Å². The second kappa shape index (κ2) is 10.9. The number of anilines is 1. The smallest absolute Gasteiger partial charge is 0.322 e. The molecule has 3 rings (SSSR count). The van der Waals surface area contributed by atoms with Crippen molar-refractivity contribution in [2.45, 2.75) is 53.8 Å². The number of carbonyl (C=O) groups is 1. The molecule has 2 aromatic carbocycles. The van der Waals surface area contributed by atoms with Crippen LogP contribution in [0.15, 0.2) is 66.9 Å². The Balaban J connectivity index is 1.82. The Bertz CT molecular complexity index is 1030. The van der Waals surface area contributed by atoms with Gasteiger partial charge >= 0.3 is 6.03 Å². The first-order chi connectivity index (χ1) is 15.4. The number of aryl methyl sites for hydroxylation is 1. The summed E-state index contributed by atoms with van der Waals surface area (Å²) in [5, 5.41) is 3.07. The van der Waals surface area contributed by atoms with E-state index in [1.54, 1.807) is 0 Å². The van der Waals surface area contributed by atoms with E-state index in [2.05, 4.69) is 74.1 Å². The molecular formula is C27H35N3O2. The maximum Gasteiger partial charge on any atom is 0.322 e. The highest BCUT2D eigenvalue weighted by Crippen LogP contribution is 2.25. The molecule has 0 saturated carbocycles. The molecule has 0 radical (unpaired) electrons. The predicted octanol–water partition coefficient (Wildman–Crippen LogP) is 6.32. The van der Waals surface area contributed by atoms with E-state index < -0.39 is 0 Å². The zero-order valence-corrected chi connectivity index (χ0v) is 19.8. The van der Waals surface area contributed by atoms with E-state index in [4.69, 9.17) is 4.74 Å². The average molecular weight is 434 g/mol. The molecule has 0 bridgehead atoms. The Kier molecular flexibility index (Phi) is 7.98. The van der Waals surface area contributed by atoms with Gasteiger partial charge in [0.15, 0.2) is 0 Å². The first kappa shape index (κ1) is 23.5. The van der Waals surface area contributed by atoms with E-state index in [0.29, 0.717) is 30.5 Å². The van der Waals surface area contributed by atoms with Crippen molar-refractivity contribution in [3.05, 3.63) is 83.7 Å². The second-order valence-corrected chi connectivity index (χ2v) is 8.59. The average Bonchev–Trinajstić information content (AvgIpc) is 3.19. The lowest BCUT2D eigenvalue weighted by Gasteiger charge is -2.32. The van der Waals surface area contributed by atoms with E-state index in [1.165, 1.54) is 11.1 Å². The minimum absolute atomic E-state index is 0.0663. The van der Waals surface area contributed by atoms with Crippen molar-refractivity contribution in [3.8, 4) is 5.75 Å². The van der Waals surface area contributed by atoms with Gasteiger partial charge in [0.05, 0.1) is 18.8 Å². The monoisotopic (exact) mass is 433 g/mol. The molecule has 3 aromatic rings. The van der Waals surface area contributed by atoms with Gasteiger partial charge in [-0.2, -0.15) is 0 Å². The van der Waals surface area contributed by atoms with Crippen LogP contribution in [0, 0.1) is 12.8 Å². The summed E-state index contributed by atoms with van der Waals surface area (Å²) < 4.78 is 7.91. The Morgan fingerprint density at radius 1 is 1.06 bits per heavy atom. The second-order valence-electron chi connectivity index (χ2n) is 8.59. The summed E-state index contributed by atoms with van der Waals surface area (Å²) in [4.78, 5) is 15.3. The lowest BCUT2D eigenvalue weighted by Crippen LogP contribution is -2.43. The van der Waals surface area contributed by atoms with Crippen LogP contribution in [-0.4, -0.2) is 28.1 Å². The fraction of sp³-hybridized carbons (Fsp3) is 0.370. The van der Waals surface area contributed by atoms with Crippen molar-refractivity contribution >= 4 is 11.7 Å². The Labute approximate surface area is 192 Å². The zero-order chi connectivity index (χ0) is 23.1. The largest absolute Gasteiger partial charge is 0.492 e. The molecule has 0 aliphatic heterocycles. The summed E-state index contributed by atoms with van der Waals surface area (Å²) in [5.41, 5.74) is 4.29. The fourth-order valence-electron chi connectivity index (χ4n) is 3.73. The molecule has 1 aromatic heterocycles. The van der Waals surface area contributed by atoms with E-state index >= 15 is 0 Å². The number of carbonyl (C=O) groups excluding carboxylic acids is 1. The third-order valence-electron chi connectivity index (χ3n) is 5.84. The first-order valence-electron chi connectivity index (χ1n) is 11.4. The lowest BCUT2D eigenvalue weighted by atomic mass is 10.0. The summed E-state index contributed by atoms with van der Waals surface area (Å²) in [6, 6.07) is 20.2. The SMILES string of the molecule is CCOc1ccccc1NC(=O)N(Cc1cccn1Cc1cccc(C)c1)[C@H](C)C(C)C. The van der Waals surface area contributed by atoms with Crippen molar-refractivity contribution in [2.75, 3.05) is 11.9 Å². The van der Waals surface area contributed by atoms with Crippen LogP contribution in [0.4, 0.5) is 10.5 Å². The van der Waals surface area contributed by atoms with E-state index in [9.17, 15) is 4.79 Å². The van der Waals surface area contributed by atoms with Crippen molar-refractivity contribution < 1.29 is 9.53 Å². The first-order valence-corrected chi connectivity index (χ1v) is 11.4. The van der Waals surface area contributed by atoms with Gasteiger partial charge in [0.25, 0.3) is 0 Å². The molecule has 32 heavy (non-hydrogen) atoms. The van der Waals surface area contributed by atoms with Crippen molar-refractivity contribution in [3.63, 3.8) is 0 Å². The van der Waals surface area contributed by atoms with Crippen LogP contribution in [0.3, 0.4) is 0 Å². The summed E-state index contributed by atoms with van der Waals surface area (Å²) in [6.07, 6.45) is 2.08. The third-order valence-corrected chi connectivity index (χ3v) is 5.84. The highest BCUT2D eigenvalue weighted by atomic mass is 16.5. The van der Waals surface area contributed by atoms with Gasteiger partial charge < -0.3 is 19.5 Å². The molecule has 5 nitrogen and oxygen atoms in total. The number of hydrogen-bond donors (Lipinski definition) is 1. The van der Waals surface area contributed by atoms with Crippen LogP contribution >= 0.6 is 0 Å². The quantitative estimate of drug-likeness (QED) is 0.429. The number of aromatic nitrogens is 1. The molecule has 0 aliphatic rings. The van der Waals surface area contributed by atoms with Gasteiger partial charge in [-0.05, 0) is 56.5 Å². The number of rotatable bonds is 9. The van der Waals surface area contributed by atoms with E-state index in [-0.39, 0.29) is 12.1 Å². The van der Waals surface area contributed by atoms with Gasteiger partial charge in [0, 0.05) is 24.5 Å². The third kappa shape index (κ3) is 5.94. The molecule has 1 heterocycles. The number of nitrogens with one attached hydrogen (secondary N) is 1. The minimum Gasteiger partial charge on any atom is -0.492 e. The summed E-state index contributed by atoms with van der Waals surface area (Å²) >= 11 is 0. The molecular weight excluding hydrogens is 398 g/mol. The number of nitrogens with zero attached hydrogens (tertiary/aromatic N) is 2. The van der Waals surface area contributed by atoms with Crippen molar-refractivity contribution in [2.24, 2.45) is 5.92 Å². The maximum absolute atomic E-state index is 13.4. The molecule has 0 fully saturated rings. The molecule has 170 valence electrons. The van der Waals surface area contributed by atoms with Crippen LogP contribution in [0.25, 0.3) is 0 Å². The molecule has 2 amide bonds. The van der Waals surface area contributed by atoms with E-state index in [0.717, 1.165) is 12.2 Å². The normalized spacial score (nSPS) is 11.9. The van der Waals surface area contributed by atoms with Gasteiger partial charge in [-0.1, -0.05) is 55.8 Å². The van der Waals surface area contributed by atoms with E-state index in [1.807, 2.05) is 42.2 Å². The number of amides is 2. The highest BCUT2D eigenvalue weighted by molar-refractivity contribution is 5.91. The molecule has 0 saturated heterocycles. The Morgan fingerprint density at radius 3 is 2.56 bits per heavy atom. The number of ether oxygens (including phenoxy) is 1. The van der Waals surface area contributed by atoms with Crippen molar-refractivity contribution in [1.82, 2.24) is 9.47 Å². The molecule has 0 unspecified atom stereocenters. The topological polar surface area (TPSA) is 46.5 Å². The number of benzene rings is 2. The standard InChI is InChI=1S/C27H35N3O2/c1-6-32-26-15-8-7-14-25(26)28-27(31)30(22(5)20(2)3)19-24-13-10-16-29(24)18-23-12-9-11-21(4)17-23/h7-17,20,22H,6,18-19H2,1-5H3,(H,28,31)/t22-/m1/s1. The molecule has 1 N–H and O–H groups in total. The lowest BCUT2D eigenvalue weighted by molar-refractivity contribution is 0.168. The minimum atomic E-state index is -0.123. The van der Waals surface area contributed by atoms with Crippen LogP contribution < -0.4 is 10.1 Å². The summed E-state index contributed by atoms with van der Waals surface area (Å²) in [6.45, 7) is 12.3. The van der Waals surface area contributed by atoms with Gasteiger partial charge in [-0.15, -0.1) is 0 Å². The van der Waals surface area contributed by atoms with Crippen LogP contribution in [0.5, 0.6) is 5.75 Å². The van der Waals surface area contributed by atoms with Gasteiger partial charge in [-0.3, -0.25) is 0 Å². The van der Waals surface area contributed by atoms with Crippen molar-refractivity contribution in [1.29, 1.82) is 0 Å². The molecule has 0 aliphatic carbocycles. The Morgan fingerprint density at radius 2 is 1.84 bits per heavy atom. The van der Waals surface area contributed by atoms with Gasteiger partial charge in [0.2, 0.25) is 0 Å². The zero-order valence-electron chi connectivity index (χ0n) is 19.8. The number of urea groups is 1. The summed E-state index contributed by atoms with van der Waals surface area (Å²) in [7, 11) is 0. The van der Waals surface area contributed by atoms with Gasteiger partial charge in [0.1, 0.15) is 5.75 Å². The molecule has 0 spiro atoms. The molecule has 1 atom stereocenters.